The van der Waals surface area contributed by atoms with Gasteiger partial charge in [0, 0.05) is 91.3 Å². The molecule has 0 unspecified atom stereocenters. The first-order chi connectivity index (χ1) is 37.4. The van der Waals surface area contributed by atoms with E-state index in [2.05, 4.69) is 21.3 Å². The van der Waals surface area contributed by atoms with Crippen molar-refractivity contribution >= 4 is 47.3 Å². The molecular weight excluding hydrogens is 1040 g/mol. The molecule has 5 rings (SSSR count). The smallest absolute Gasteiger partial charge is 0.352 e. The van der Waals surface area contributed by atoms with Gasteiger partial charge in [-0.05, 0) is 94.0 Å². The highest BCUT2D eigenvalue weighted by molar-refractivity contribution is 5.91. The molecule has 8 amide bonds. The van der Waals surface area contributed by atoms with Gasteiger partial charge in [-0.15, -0.1) is 0 Å². The molecule has 2 aliphatic rings. The fourth-order valence-corrected chi connectivity index (χ4v) is 9.59. The van der Waals surface area contributed by atoms with E-state index >= 15 is 0 Å². The lowest BCUT2D eigenvalue weighted by molar-refractivity contribution is -0.186. The van der Waals surface area contributed by atoms with Crippen LogP contribution in [0.15, 0.2) is 84.9 Å². The zero-order valence-corrected chi connectivity index (χ0v) is 45.2. The van der Waals surface area contributed by atoms with Crippen LogP contribution < -0.4 is 21.3 Å². The molecule has 0 spiro atoms. The topological polar surface area (TPSA) is 201 Å². The van der Waals surface area contributed by atoms with E-state index in [0.29, 0.717) is 42.6 Å². The van der Waals surface area contributed by atoms with Crippen molar-refractivity contribution in [2.75, 3.05) is 60.4 Å². The molecule has 2 saturated heterocycles. The van der Waals surface area contributed by atoms with E-state index < -0.39 is 84.0 Å². The van der Waals surface area contributed by atoms with Crippen LogP contribution in [0.4, 0.5) is 31.1 Å². The number of Topliss-reactive ketones (excluding diaryl/α,β-unsaturated/α-hetero) is 1. The van der Waals surface area contributed by atoms with Gasteiger partial charge in [-0.2, -0.15) is 26.3 Å². The predicted octanol–water partition coefficient (Wildman–Crippen LogP) is 5.35. The minimum absolute atomic E-state index is 0.0710. The average molecular weight is 1110 g/mol. The molecule has 0 aromatic heterocycles. The summed E-state index contributed by atoms with van der Waals surface area (Å²) in [6, 6.07) is 19.4. The Hall–Kier alpha value is -7.04. The number of hydrogen-bond donors (Lipinski definition) is 4. The van der Waals surface area contributed by atoms with Crippen LogP contribution in [0.25, 0.3) is 0 Å². The normalized spacial score (nSPS) is 16.6. The highest BCUT2D eigenvalue weighted by Crippen LogP contribution is 2.27. The van der Waals surface area contributed by atoms with Crippen molar-refractivity contribution in [3.63, 3.8) is 0 Å². The van der Waals surface area contributed by atoms with Crippen LogP contribution in [-0.4, -0.2) is 175 Å². The number of nitrogens with zero attached hydrogens (tertiary/aromatic N) is 5. The Morgan fingerprint density at radius 2 is 1.04 bits per heavy atom. The molecule has 4 N–H and O–H groups in total. The summed E-state index contributed by atoms with van der Waals surface area (Å²) in [4.78, 5) is 111. The number of benzene rings is 3. The van der Waals surface area contributed by atoms with Gasteiger partial charge >= 0.3 is 30.2 Å². The van der Waals surface area contributed by atoms with E-state index in [4.69, 9.17) is 0 Å². The van der Waals surface area contributed by atoms with Crippen molar-refractivity contribution in [1.82, 2.24) is 45.8 Å². The fraction of sp³-hybridized carbons (Fsp3) is 0.536. The minimum atomic E-state index is -5.13. The zero-order valence-electron chi connectivity index (χ0n) is 45.2. The summed E-state index contributed by atoms with van der Waals surface area (Å²) in [6.45, 7) is 0.863. The van der Waals surface area contributed by atoms with E-state index in [1.165, 1.54) is 28.8 Å². The quantitative estimate of drug-likeness (QED) is 0.0728. The molecule has 79 heavy (non-hydrogen) atoms. The average Bonchev–Trinajstić information content (AvgIpc) is 4.15. The number of likely N-dealkylation sites (N-methyl/N-ethyl adjacent to an activating group) is 1. The van der Waals surface area contributed by atoms with Crippen LogP contribution in [0.3, 0.4) is 0 Å². The van der Waals surface area contributed by atoms with Crippen LogP contribution in [0, 0.1) is 0 Å². The second-order valence-electron chi connectivity index (χ2n) is 20.3. The number of aryl methyl sites for hydroxylation is 1. The van der Waals surface area contributed by atoms with E-state index in [9.17, 15) is 64.7 Å². The number of nitrogens with one attached hydrogen (secondary N) is 4. The minimum Gasteiger partial charge on any atom is -0.352 e. The monoisotopic (exact) mass is 1110 g/mol. The van der Waals surface area contributed by atoms with Crippen molar-refractivity contribution in [2.24, 2.45) is 0 Å². The summed E-state index contributed by atoms with van der Waals surface area (Å²) in [5.74, 6) is -6.32. The number of alkyl halides is 6. The number of likely N-dealkylation sites (tertiary alicyclic amines) is 2. The summed E-state index contributed by atoms with van der Waals surface area (Å²) in [5.41, 5.74) is 2.97. The second kappa shape index (κ2) is 29.8. The van der Waals surface area contributed by atoms with Crippen LogP contribution in [0.5, 0.6) is 0 Å². The molecule has 17 nitrogen and oxygen atoms in total. The van der Waals surface area contributed by atoms with Crippen LogP contribution >= 0.6 is 0 Å². The van der Waals surface area contributed by atoms with Gasteiger partial charge in [-0.25, -0.2) is 4.79 Å². The molecule has 2 aliphatic heterocycles. The standard InChI is InChI=1S/C56H73F6N9O8/c1-38(63-2)49(74)65-46(50(75)70-31-11-17-43(70)36-68(52(77)55(57,58)59)33-29-39-13-7-5-8-14-39)26-25-45(72)24-23-41-19-21-42(22-20-41)35-64-48(73)28-27-47(66-54(79)67(3)4)51(76)71-32-12-18-44(71)37-69(53(78)56(60,61)62)34-30-40-15-9-6-10-16-40/h5-10,13-16,19-22,38,43-44,46-47,63H,11-12,17-18,23-37H2,1-4H3,(H,64,73)(H,65,74)(H,66,79)/t38-,43-,44-,46-,47-/m0/s1. The number of urea groups is 1. The molecule has 23 heteroatoms. The first kappa shape index (κ1) is 62.8. The maximum absolute atomic E-state index is 14.1. The Morgan fingerprint density at radius 3 is 1.49 bits per heavy atom. The lowest BCUT2D eigenvalue weighted by Crippen LogP contribution is -2.55. The van der Waals surface area contributed by atoms with E-state index in [0.717, 1.165) is 21.6 Å². The van der Waals surface area contributed by atoms with Crippen molar-refractivity contribution in [3.05, 3.63) is 107 Å². The van der Waals surface area contributed by atoms with Crippen molar-refractivity contribution in [2.45, 2.75) is 133 Å². The molecule has 2 heterocycles. The third kappa shape index (κ3) is 19.7. The molecule has 0 aliphatic carbocycles. The Morgan fingerprint density at radius 1 is 0.595 bits per heavy atom. The van der Waals surface area contributed by atoms with Crippen LogP contribution in [0.2, 0.25) is 0 Å². The zero-order chi connectivity index (χ0) is 57.9. The summed E-state index contributed by atoms with van der Waals surface area (Å²) in [6.07, 6.45) is -8.43. The molecule has 5 atom stereocenters. The molecule has 432 valence electrons. The van der Waals surface area contributed by atoms with Gasteiger partial charge in [-0.3, -0.25) is 33.6 Å². The predicted molar refractivity (Wildman–Crippen MR) is 282 cm³/mol. The van der Waals surface area contributed by atoms with Crippen molar-refractivity contribution < 1.29 is 64.7 Å². The Kier molecular flexibility index (Phi) is 23.7. The highest BCUT2D eigenvalue weighted by atomic mass is 19.4. The number of amides is 8. The Labute approximate surface area is 457 Å². The number of carbonyl (C=O) groups is 8. The summed E-state index contributed by atoms with van der Waals surface area (Å²) in [5, 5.41) is 11.0. The maximum atomic E-state index is 14.1. The number of ketones is 1. The lowest BCUT2D eigenvalue weighted by Gasteiger charge is -2.33. The fourth-order valence-electron chi connectivity index (χ4n) is 9.59. The highest BCUT2D eigenvalue weighted by Gasteiger charge is 2.46. The van der Waals surface area contributed by atoms with Crippen LogP contribution in [0.1, 0.15) is 87.0 Å². The van der Waals surface area contributed by atoms with Gasteiger partial charge in [0.05, 0.1) is 6.04 Å². The Balaban J connectivity index is 1.13. The number of carbonyl (C=O) groups excluding carboxylic acids is 8. The lowest BCUT2D eigenvalue weighted by atomic mass is 10.0. The number of rotatable bonds is 27. The van der Waals surface area contributed by atoms with Gasteiger partial charge in [0.15, 0.2) is 0 Å². The van der Waals surface area contributed by atoms with Crippen molar-refractivity contribution in [1.29, 1.82) is 0 Å². The van der Waals surface area contributed by atoms with Gasteiger partial charge < -0.3 is 45.8 Å². The molecule has 3 aromatic rings. The van der Waals surface area contributed by atoms with Gasteiger partial charge in [0.25, 0.3) is 0 Å². The third-order valence-electron chi connectivity index (χ3n) is 14.3. The van der Waals surface area contributed by atoms with Gasteiger partial charge in [-0.1, -0.05) is 84.9 Å². The first-order valence-electron chi connectivity index (χ1n) is 26.7. The SMILES string of the molecule is CN[C@@H](C)C(=O)N[C@@H](CCC(=O)CCc1ccc(CNC(=O)CC[C@H](NC(=O)N(C)C)C(=O)N2CCC[C@H]2CN(CCc2ccccc2)C(=O)C(F)(F)F)cc1)C(=O)N1CCC[C@H]1CN(CCc1ccccc1)C(=O)C(F)(F)F. The number of hydrogen-bond acceptors (Lipinski definition) is 9. The number of halogens is 6. The molecule has 0 radical (unpaired) electrons. The second-order valence-corrected chi connectivity index (χ2v) is 20.3. The van der Waals surface area contributed by atoms with E-state index in [1.807, 2.05) is 0 Å². The van der Waals surface area contributed by atoms with E-state index in [1.54, 1.807) is 98.9 Å². The molecule has 3 aromatic carbocycles. The molecule has 0 bridgehead atoms. The first-order valence-corrected chi connectivity index (χ1v) is 26.7. The van der Waals surface area contributed by atoms with Crippen molar-refractivity contribution in [3.8, 4) is 0 Å². The van der Waals surface area contributed by atoms with Crippen LogP contribution in [-0.2, 0) is 59.4 Å². The third-order valence-corrected chi connectivity index (χ3v) is 14.3. The molecular formula is C56H73F6N9O8. The summed E-state index contributed by atoms with van der Waals surface area (Å²) < 4.78 is 82.6. The largest absolute Gasteiger partial charge is 0.471 e. The van der Waals surface area contributed by atoms with Gasteiger partial charge in [0.2, 0.25) is 23.6 Å². The van der Waals surface area contributed by atoms with E-state index in [-0.39, 0.29) is 96.5 Å². The van der Waals surface area contributed by atoms with Gasteiger partial charge in [0.1, 0.15) is 17.9 Å². The molecule has 2 fully saturated rings. The molecule has 0 saturated carbocycles. The summed E-state index contributed by atoms with van der Waals surface area (Å²) in [7, 11) is 4.49. The Bertz CT molecular complexity index is 2520. The summed E-state index contributed by atoms with van der Waals surface area (Å²) >= 11 is 0. The maximum Gasteiger partial charge on any atom is 0.471 e.